The predicted molar refractivity (Wildman–Crippen MR) is 239 cm³/mol. The van der Waals surface area contributed by atoms with Crippen LogP contribution in [0.1, 0.15) is 47.9 Å². The zero-order valence-electron chi connectivity index (χ0n) is 33.5. The van der Waals surface area contributed by atoms with Crippen LogP contribution >= 0.6 is 12.6 Å². The zero-order valence-corrected chi connectivity index (χ0v) is 34.4. The van der Waals surface area contributed by atoms with Crippen LogP contribution in [0.25, 0.3) is 78.0 Å². The third-order valence-electron chi connectivity index (χ3n) is 10.8. The van der Waals surface area contributed by atoms with Crippen molar-refractivity contribution < 1.29 is 0 Å². The minimum Gasteiger partial charge on any atom is -0.309 e. The fourth-order valence-corrected chi connectivity index (χ4v) is 8.59. The number of hydrogen-bond acceptors (Lipinski definition) is 4. The number of thiol groups is 1. The highest BCUT2D eigenvalue weighted by Gasteiger charge is 2.25. The van der Waals surface area contributed by atoms with Crippen molar-refractivity contribution in [2.45, 2.75) is 55.4 Å². The van der Waals surface area contributed by atoms with Gasteiger partial charge in [-0.1, -0.05) is 80.6 Å². The molecule has 10 aromatic rings. The molecule has 0 aliphatic carbocycles. The predicted octanol–water partition coefficient (Wildman–Crippen LogP) is 12.2. The van der Waals surface area contributed by atoms with E-state index in [9.17, 15) is 0 Å². The Kier molecular flexibility index (Phi) is 9.54. The van der Waals surface area contributed by atoms with E-state index in [2.05, 4.69) is 181 Å². The third-order valence-corrected chi connectivity index (χ3v) is 10.8. The highest BCUT2D eigenvalue weighted by atomic mass is 32.1. The Morgan fingerprint density at radius 3 is 1.80 bits per heavy atom. The molecule has 0 unspecified atom stereocenters. The number of benzene rings is 5. The number of para-hydroxylation sites is 5. The highest BCUT2D eigenvalue weighted by molar-refractivity contribution is 7.79. The number of imidazole rings is 2. The van der Waals surface area contributed by atoms with E-state index in [4.69, 9.17) is 15.0 Å². The van der Waals surface area contributed by atoms with Crippen molar-refractivity contribution in [3.8, 4) is 28.3 Å². The molecule has 0 spiro atoms. The Morgan fingerprint density at radius 2 is 1.12 bits per heavy atom. The molecule has 280 valence electrons. The number of aryl methyl sites for hydroxylation is 5. The minimum atomic E-state index is 0.704. The van der Waals surface area contributed by atoms with Crippen molar-refractivity contribution in [1.82, 2.24) is 33.1 Å². The van der Waals surface area contributed by atoms with Gasteiger partial charge < -0.3 is 4.57 Å². The topological polar surface area (TPSA) is 57.9 Å². The summed E-state index contributed by atoms with van der Waals surface area (Å²) in [7, 11) is 0. The lowest BCUT2D eigenvalue weighted by atomic mass is 9.97. The first kappa shape index (κ1) is 36.8. The molecule has 0 atom stereocenters. The number of aromatic nitrogens is 7. The number of nitrogens with zero attached hydrogens (tertiary/aromatic N) is 7. The van der Waals surface area contributed by atoms with E-state index in [0.29, 0.717) is 5.82 Å². The van der Waals surface area contributed by atoms with Gasteiger partial charge in [0.15, 0.2) is 5.65 Å². The Hall–Kier alpha value is -6.12. The maximum atomic E-state index is 5.28. The minimum absolute atomic E-state index is 0.704. The molecule has 0 fully saturated rings. The van der Waals surface area contributed by atoms with E-state index in [1.54, 1.807) is 6.26 Å². The van der Waals surface area contributed by atoms with Crippen molar-refractivity contribution in [1.29, 1.82) is 0 Å². The fraction of sp³-hybridized carbons (Fsp3) is 0.188. The number of hydrogen-bond donors (Lipinski definition) is 1. The van der Waals surface area contributed by atoms with Crippen LogP contribution in [0.5, 0.6) is 0 Å². The molecule has 56 heavy (non-hydrogen) atoms. The molecule has 7 nitrogen and oxygen atoms in total. The molecule has 0 aliphatic rings. The van der Waals surface area contributed by atoms with Crippen molar-refractivity contribution in [3.63, 3.8) is 0 Å². The highest BCUT2D eigenvalue weighted by Crippen LogP contribution is 2.40. The van der Waals surface area contributed by atoms with E-state index in [0.717, 1.165) is 73.2 Å². The molecule has 5 aromatic carbocycles. The summed E-state index contributed by atoms with van der Waals surface area (Å²) in [6, 6.07) is 41.3. The Balaban J connectivity index is 0.00000107. The van der Waals surface area contributed by atoms with Crippen LogP contribution < -0.4 is 0 Å². The number of fused-ring (bicyclic) bond motifs is 7. The van der Waals surface area contributed by atoms with Crippen LogP contribution in [-0.4, -0.2) is 39.3 Å². The maximum absolute atomic E-state index is 5.28. The van der Waals surface area contributed by atoms with Crippen LogP contribution in [0.15, 0.2) is 115 Å². The molecule has 0 bridgehead atoms. The number of rotatable bonds is 4. The molecular weight excluding hydrogens is 707 g/mol. The average molecular weight is 754 g/mol. The van der Waals surface area contributed by atoms with Gasteiger partial charge in [0.05, 0.1) is 33.4 Å². The summed E-state index contributed by atoms with van der Waals surface area (Å²) in [6.45, 7) is 16.8. The molecule has 0 saturated carbocycles. The van der Waals surface area contributed by atoms with Crippen molar-refractivity contribution in [2.75, 3.05) is 6.26 Å². The van der Waals surface area contributed by atoms with Gasteiger partial charge >= 0.3 is 0 Å². The Bertz CT molecular complexity index is 3050. The quantitative estimate of drug-likeness (QED) is 0.182. The molecule has 0 radical (unpaired) electrons. The van der Waals surface area contributed by atoms with Gasteiger partial charge in [-0.25, -0.2) is 15.0 Å². The summed E-state index contributed by atoms with van der Waals surface area (Å²) in [4.78, 5) is 15.6. The molecular formula is C48H47N7S. The van der Waals surface area contributed by atoms with E-state index >= 15 is 0 Å². The van der Waals surface area contributed by atoms with E-state index in [1.807, 2.05) is 20.8 Å². The molecule has 5 heterocycles. The lowest BCUT2D eigenvalue weighted by Crippen LogP contribution is -2.08. The second-order valence-corrected chi connectivity index (χ2v) is 14.0. The van der Waals surface area contributed by atoms with E-state index in [-0.39, 0.29) is 0 Å². The summed E-state index contributed by atoms with van der Waals surface area (Å²) in [6.07, 6.45) is 1.69. The van der Waals surface area contributed by atoms with Crippen LogP contribution in [-0.2, 0) is 0 Å². The SMILES string of the molecule is CC.CS.Cc1nc(-c2c(C)ccc(-n3c4ccccc4c4ccccc43)c2C)c2nc(C)n(-c3cccc(C)c3-n3c4ccccc4n4c(C)ccc34)c2n1. The summed E-state index contributed by atoms with van der Waals surface area (Å²) < 4.78 is 9.34. The standard InChI is InChI=1S/C45H37N7.C2H6.CH4S/c1-26-22-24-34(51-35-17-9-7-15-32(35)33-16-8-10-18-36(33)51)29(4)41(26)42-43-45(47-30(5)46-42)50(31(6)48-43)39-21-13-14-27(2)44(39)52-38-20-12-11-19-37(38)49-28(3)23-25-40(49)52;2*1-2/h7-25H,1-6H3;1-2H3;2H,1H3. The van der Waals surface area contributed by atoms with Crippen LogP contribution in [0.2, 0.25) is 0 Å². The lowest BCUT2D eigenvalue weighted by Gasteiger charge is -2.18. The van der Waals surface area contributed by atoms with Crippen LogP contribution in [0, 0.1) is 41.5 Å². The van der Waals surface area contributed by atoms with Crippen molar-refractivity contribution >= 4 is 62.3 Å². The van der Waals surface area contributed by atoms with E-state index in [1.165, 1.54) is 33.0 Å². The zero-order chi connectivity index (χ0) is 39.4. The monoisotopic (exact) mass is 753 g/mol. The Labute approximate surface area is 333 Å². The summed E-state index contributed by atoms with van der Waals surface area (Å²) in [5.74, 6) is 1.56. The largest absolute Gasteiger partial charge is 0.309 e. The maximum Gasteiger partial charge on any atom is 0.169 e. The van der Waals surface area contributed by atoms with Crippen LogP contribution in [0.3, 0.4) is 0 Å². The fourth-order valence-electron chi connectivity index (χ4n) is 8.59. The van der Waals surface area contributed by atoms with Gasteiger partial charge in [0, 0.05) is 27.7 Å². The first-order valence-corrected chi connectivity index (χ1v) is 20.2. The van der Waals surface area contributed by atoms with Gasteiger partial charge in [-0.2, -0.15) is 12.6 Å². The van der Waals surface area contributed by atoms with E-state index < -0.39 is 0 Å². The molecule has 0 amide bonds. The smallest absolute Gasteiger partial charge is 0.169 e. The van der Waals surface area contributed by atoms with Crippen molar-refractivity contribution in [3.05, 3.63) is 149 Å². The summed E-state index contributed by atoms with van der Waals surface area (Å²) in [5, 5.41) is 2.48. The molecule has 5 aromatic heterocycles. The van der Waals surface area contributed by atoms with Crippen molar-refractivity contribution in [2.24, 2.45) is 0 Å². The first-order valence-electron chi connectivity index (χ1n) is 19.3. The second kappa shape index (κ2) is 14.5. The van der Waals surface area contributed by atoms with Crippen LogP contribution in [0.4, 0.5) is 0 Å². The molecule has 8 heteroatoms. The van der Waals surface area contributed by atoms with Gasteiger partial charge in [0.25, 0.3) is 0 Å². The van der Waals surface area contributed by atoms with Gasteiger partial charge in [0.2, 0.25) is 0 Å². The van der Waals surface area contributed by atoms with Gasteiger partial charge in [-0.15, -0.1) is 0 Å². The average Bonchev–Trinajstić information content (AvgIpc) is 3.95. The normalized spacial score (nSPS) is 11.4. The summed E-state index contributed by atoms with van der Waals surface area (Å²) in [5.41, 5.74) is 17.3. The summed E-state index contributed by atoms with van der Waals surface area (Å²) >= 11 is 3.53. The van der Waals surface area contributed by atoms with Gasteiger partial charge in [-0.3, -0.25) is 13.5 Å². The molecule has 0 aliphatic heterocycles. The first-order chi connectivity index (χ1) is 27.3. The Morgan fingerprint density at radius 1 is 0.500 bits per heavy atom. The third kappa shape index (κ3) is 5.46. The van der Waals surface area contributed by atoms with Gasteiger partial charge in [0.1, 0.15) is 28.5 Å². The molecule has 0 saturated heterocycles. The van der Waals surface area contributed by atoms with Gasteiger partial charge in [-0.05, 0) is 113 Å². The molecule has 10 rings (SSSR count). The lowest BCUT2D eigenvalue weighted by molar-refractivity contribution is 0.953. The molecule has 0 N–H and O–H groups in total. The second-order valence-electron chi connectivity index (χ2n) is 14.0.